The van der Waals surface area contributed by atoms with E-state index in [0.29, 0.717) is 18.9 Å². The predicted octanol–water partition coefficient (Wildman–Crippen LogP) is 3.13. The fourth-order valence-electron chi connectivity index (χ4n) is 2.08. The van der Waals surface area contributed by atoms with E-state index in [2.05, 4.69) is 5.32 Å². The normalized spacial score (nSPS) is 11.3. The average Bonchev–Trinajstić information content (AvgIpc) is 2.59. The number of aliphatic hydroxyl groups is 1. The Morgan fingerprint density at radius 2 is 1.74 bits per heavy atom. The van der Waals surface area contributed by atoms with Crippen LogP contribution in [-0.2, 0) is 13.2 Å². The third-order valence-corrected chi connectivity index (χ3v) is 3.63. The lowest BCUT2D eigenvalue weighted by atomic mass is 10.1. The van der Waals surface area contributed by atoms with Gasteiger partial charge in [-0.3, -0.25) is 0 Å². The monoisotopic (exact) mass is 315 g/mol. The molecule has 2 N–H and O–H groups in total. The third-order valence-electron chi connectivity index (χ3n) is 3.63. The highest BCUT2D eigenvalue weighted by atomic mass is 16.5. The number of hydrogen-bond acceptors (Lipinski definition) is 4. The lowest BCUT2D eigenvalue weighted by molar-refractivity contribution is 0.187. The van der Waals surface area contributed by atoms with Crippen molar-refractivity contribution in [2.24, 2.45) is 0 Å². The Morgan fingerprint density at radius 3 is 2.39 bits per heavy atom. The van der Waals surface area contributed by atoms with Crippen molar-refractivity contribution in [3.05, 3.63) is 59.7 Å². The highest BCUT2D eigenvalue weighted by Crippen LogP contribution is 2.29. The third kappa shape index (κ3) is 5.27. The summed E-state index contributed by atoms with van der Waals surface area (Å²) < 4.78 is 11.3. The molecule has 4 nitrogen and oxygen atoms in total. The van der Waals surface area contributed by atoms with Crippen molar-refractivity contribution in [2.75, 3.05) is 13.7 Å². The number of hydrogen-bond donors (Lipinski definition) is 2. The Hall–Kier alpha value is -2.04. The second-order valence-corrected chi connectivity index (χ2v) is 6.16. The van der Waals surface area contributed by atoms with Crippen LogP contribution in [0.25, 0.3) is 0 Å². The zero-order valence-corrected chi connectivity index (χ0v) is 14.0. The van der Waals surface area contributed by atoms with Crippen molar-refractivity contribution < 1.29 is 14.6 Å². The maximum atomic E-state index is 9.31. The van der Waals surface area contributed by atoms with Crippen LogP contribution < -0.4 is 14.8 Å². The molecule has 0 amide bonds. The van der Waals surface area contributed by atoms with Gasteiger partial charge in [0.1, 0.15) is 6.61 Å². The Morgan fingerprint density at radius 1 is 1.00 bits per heavy atom. The molecule has 23 heavy (non-hydrogen) atoms. The summed E-state index contributed by atoms with van der Waals surface area (Å²) in [5.74, 6) is 1.43. The maximum Gasteiger partial charge on any atom is 0.161 e. The van der Waals surface area contributed by atoms with Crippen LogP contribution in [-0.4, -0.2) is 24.4 Å². The highest BCUT2D eigenvalue weighted by Gasteiger charge is 2.15. The second kappa shape index (κ2) is 7.99. The van der Waals surface area contributed by atoms with E-state index in [4.69, 9.17) is 9.47 Å². The van der Waals surface area contributed by atoms with Crippen LogP contribution in [0.4, 0.5) is 0 Å². The van der Waals surface area contributed by atoms with E-state index >= 15 is 0 Å². The number of benzene rings is 2. The lowest BCUT2D eigenvalue weighted by Crippen LogP contribution is -2.42. The highest BCUT2D eigenvalue weighted by molar-refractivity contribution is 5.43. The van der Waals surface area contributed by atoms with Gasteiger partial charge in [-0.1, -0.05) is 36.4 Å². The number of nitrogens with one attached hydrogen (secondary N) is 1. The summed E-state index contributed by atoms with van der Waals surface area (Å²) in [4.78, 5) is 0. The van der Waals surface area contributed by atoms with Crippen molar-refractivity contribution in [2.45, 2.75) is 32.5 Å². The van der Waals surface area contributed by atoms with Crippen molar-refractivity contribution in [3.63, 3.8) is 0 Å². The van der Waals surface area contributed by atoms with Gasteiger partial charge in [-0.2, -0.15) is 0 Å². The molecule has 0 saturated carbocycles. The first-order valence-electron chi connectivity index (χ1n) is 7.73. The van der Waals surface area contributed by atoms with Crippen LogP contribution in [0.1, 0.15) is 25.0 Å². The Bertz CT molecular complexity index is 611. The van der Waals surface area contributed by atoms with Crippen molar-refractivity contribution in [3.8, 4) is 11.5 Å². The molecule has 0 unspecified atom stereocenters. The molecule has 0 aliphatic rings. The minimum absolute atomic E-state index is 0.0838. The van der Waals surface area contributed by atoms with Gasteiger partial charge in [-0.05, 0) is 37.1 Å². The van der Waals surface area contributed by atoms with Crippen molar-refractivity contribution >= 4 is 0 Å². The largest absolute Gasteiger partial charge is 0.493 e. The number of methoxy groups -OCH3 is 1. The minimum atomic E-state index is -0.314. The topological polar surface area (TPSA) is 50.7 Å². The van der Waals surface area contributed by atoms with Gasteiger partial charge in [-0.15, -0.1) is 0 Å². The van der Waals surface area contributed by atoms with Crippen molar-refractivity contribution in [1.29, 1.82) is 0 Å². The Kier molecular flexibility index (Phi) is 6.02. The fourth-order valence-corrected chi connectivity index (χ4v) is 2.08. The van der Waals surface area contributed by atoms with Crippen LogP contribution in [0.5, 0.6) is 11.5 Å². The van der Waals surface area contributed by atoms with Gasteiger partial charge in [0.05, 0.1) is 13.7 Å². The zero-order valence-electron chi connectivity index (χ0n) is 14.0. The van der Waals surface area contributed by atoms with Crippen LogP contribution in [0.3, 0.4) is 0 Å². The standard InChI is InChI=1S/C19H25NO3/c1-19(2,14-21)20-12-16-9-10-17(22-3)18(11-16)23-13-15-7-5-4-6-8-15/h4-11,20-21H,12-14H2,1-3H3. The molecule has 4 heteroatoms. The first kappa shape index (κ1) is 17.3. The summed E-state index contributed by atoms with van der Waals surface area (Å²) in [6.45, 7) is 5.16. The van der Waals surface area contributed by atoms with Crippen LogP contribution in [0, 0.1) is 0 Å². The summed E-state index contributed by atoms with van der Waals surface area (Å²) in [5.41, 5.74) is 1.88. The molecule has 0 fully saturated rings. The second-order valence-electron chi connectivity index (χ2n) is 6.16. The van der Waals surface area contributed by atoms with Gasteiger partial charge in [0, 0.05) is 12.1 Å². The first-order valence-corrected chi connectivity index (χ1v) is 7.73. The SMILES string of the molecule is COc1ccc(CNC(C)(C)CO)cc1OCc1ccccc1. The van der Waals surface area contributed by atoms with E-state index in [0.717, 1.165) is 16.9 Å². The molecule has 2 rings (SSSR count). The van der Waals surface area contributed by atoms with E-state index in [1.54, 1.807) is 7.11 Å². The smallest absolute Gasteiger partial charge is 0.161 e. The number of aliphatic hydroxyl groups excluding tert-OH is 1. The maximum absolute atomic E-state index is 9.31. The molecule has 0 atom stereocenters. The summed E-state index contributed by atoms with van der Waals surface area (Å²) in [5, 5.41) is 12.6. The number of rotatable bonds is 8. The van der Waals surface area contributed by atoms with Gasteiger partial charge in [0.25, 0.3) is 0 Å². The first-order chi connectivity index (χ1) is 11.0. The molecule has 0 heterocycles. The minimum Gasteiger partial charge on any atom is -0.493 e. The molecule has 0 aliphatic heterocycles. The van der Waals surface area contributed by atoms with Crippen LogP contribution >= 0.6 is 0 Å². The summed E-state index contributed by atoms with van der Waals surface area (Å²) in [7, 11) is 1.64. The van der Waals surface area contributed by atoms with Gasteiger partial charge in [0.2, 0.25) is 0 Å². The van der Waals surface area contributed by atoms with Crippen molar-refractivity contribution in [1.82, 2.24) is 5.32 Å². The van der Waals surface area contributed by atoms with E-state index < -0.39 is 0 Å². The summed E-state index contributed by atoms with van der Waals surface area (Å²) in [6, 6.07) is 15.9. The zero-order chi connectivity index (χ0) is 16.7. The van der Waals surface area contributed by atoms with E-state index in [1.165, 1.54) is 0 Å². The fraction of sp³-hybridized carbons (Fsp3) is 0.368. The average molecular weight is 315 g/mol. The summed E-state index contributed by atoms with van der Waals surface area (Å²) in [6.07, 6.45) is 0. The van der Waals surface area contributed by atoms with E-state index in [-0.39, 0.29) is 12.1 Å². The van der Waals surface area contributed by atoms with Gasteiger partial charge in [0.15, 0.2) is 11.5 Å². The lowest BCUT2D eigenvalue weighted by Gasteiger charge is -2.23. The van der Waals surface area contributed by atoms with Crippen LogP contribution in [0.15, 0.2) is 48.5 Å². The molecular weight excluding hydrogens is 290 g/mol. The molecule has 2 aromatic rings. The van der Waals surface area contributed by atoms with Crippen LogP contribution in [0.2, 0.25) is 0 Å². The molecule has 124 valence electrons. The van der Waals surface area contributed by atoms with E-state index in [1.807, 2.05) is 62.4 Å². The quantitative estimate of drug-likeness (QED) is 0.786. The van der Waals surface area contributed by atoms with Gasteiger partial charge >= 0.3 is 0 Å². The molecule has 2 aromatic carbocycles. The van der Waals surface area contributed by atoms with E-state index in [9.17, 15) is 5.11 Å². The molecule has 0 saturated heterocycles. The molecule has 0 bridgehead atoms. The van der Waals surface area contributed by atoms with Gasteiger partial charge in [-0.25, -0.2) is 0 Å². The Balaban J connectivity index is 2.06. The summed E-state index contributed by atoms with van der Waals surface area (Å²) >= 11 is 0. The van der Waals surface area contributed by atoms with Gasteiger partial charge < -0.3 is 19.9 Å². The number of ether oxygens (including phenoxy) is 2. The molecule has 0 aromatic heterocycles. The molecule has 0 radical (unpaired) electrons. The molecule has 0 spiro atoms. The Labute approximate surface area is 138 Å². The molecule has 0 aliphatic carbocycles. The molecular formula is C19H25NO3. The predicted molar refractivity (Wildman–Crippen MR) is 91.8 cm³/mol.